The molecule has 2 fully saturated rings. The minimum absolute atomic E-state index is 0.0970. The lowest BCUT2D eigenvalue weighted by Gasteiger charge is -2.34. The second-order valence-electron chi connectivity index (χ2n) is 11.0. The van der Waals surface area contributed by atoms with Gasteiger partial charge in [-0.1, -0.05) is 0 Å². The Morgan fingerprint density at radius 1 is 1.07 bits per heavy atom. The summed E-state index contributed by atoms with van der Waals surface area (Å²) in [6.07, 6.45) is 11.3. The summed E-state index contributed by atoms with van der Waals surface area (Å²) >= 11 is 0. The Morgan fingerprint density at radius 2 is 1.86 bits per heavy atom. The van der Waals surface area contributed by atoms with Crippen LogP contribution in [0.15, 0.2) is 49.2 Å². The van der Waals surface area contributed by atoms with Crippen LogP contribution in [0.5, 0.6) is 5.75 Å². The number of methoxy groups -OCH3 is 1. The van der Waals surface area contributed by atoms with Gasteiger partial charge in [-0.2, -0.15) is 9.19 Å². The maximum atomic E-state index is 13.9. The molecular formula is C28H31FN8O4S. The molecule has 14 heteroatoms. The van der Waals surface area contributed by atoms with E-state index < -0.39 is 21.4 Å². The molecule has 3 N–H and O–H groups in total. The van der Waals surface area contributed by atoms with E-state index in [4.69, 9.17) is 4.74 Å². The van der Waals surface area contributed by atoms with Gasteiger partial charge in [-0.25, -0.2) is 32.7 Å². The lowest BCUT2D eigenvalue weighted by molar-refractivity contribution is 0.0196. The number of hydrogen-bond donors (Lipinski definition) is 3. The first-order chi connectivity index (χ1) is 20.1. The zero-order chi connectivity index (χ0) is 29.5. The monoisotopic (exact) mass is 594 g/mol. The number of aliphatic hydroxyl groups is 1. The molecule has 4 aromatic rings. The molecule has 0 spiro atoms. The van der Waals surface area contributed by atoms with Gasteiger partial charge in [-0.05, 0) is 51.5 Å². The van der Waals surface area contributed by atoms with Gasteiger partial charge in [0, 0.05) is 41.8 Å². The smallest absolute Gasteiger partial charge is 0.256 e. The number of pyridine rings is 2. The first-order valence-corrected chi connectivity index (χ1v) is 15.2. The van der Waals surface area contributed by atoms with E-state index in [0.717, 1.165) is 23.1 Å². The number of hydrogen-bond acceptors (Lipinski definition) is 11. The molecule has 4 aromatic heterocycles. The van der Waals surface area contributed by atoms with Crippen LogP contribution in [0.2, 0.25) is 0 Å². The van der Waals surface area contributed by atoms with E-state index in [1.54, 1.807) is 18.5 Å². The molecule has 6 rings (SSSR count). The predicted molar refractivity (Wildman–Crippen MR) is 154 cm³/mol. The van der Waals surface area contributed by atoms with Crippen molar-refractivity contribution < 1.29 is 22.7 Å². The molecule has 0 aliphatic heterocycles. The summed E-state index contributed by atoms with van der Waals surface area (Å²) in [4.78, 5) is 17.7. The van der Waals surface area contributed by atoms with Crippen LogP contribution in [-0.2, 0) is 10.0 Å². The molecule has 0 bridgehead atoms. The van der Waals surface area contributed by atoms with Crippen molar-refractivity contribution in [2.45, 2.75) is 62.3 Å². The zero-order valence-corrected chi connectivity index (χ0v) is 24.0. The van der Waals surface area contributed by atoms with E-state index in [1.165, 1.54) is 25.6 Å². The molecule has 2 aliphatic carbocycles. The van der Waals surface area contributed by atoms with Gasteiger partial charge in [0.15, 0.2) is 5.82 Å². The summed E-state index contributed by atoms with van der Waals surface area (Å²) in [7, 11) is -2.05. The standard InChI is InChI=1S/C28H31FN8O4S/c1-28(38)8-5-19(6-9-28)34-22-12-25(31-15-21(22)26-23(41-2)11-18(29)14-32-26)35-24-7-10-30-27(36-24)17-13-33-37(16-17)42(39,40)20-3-4-20/h7,10-16,19-20,38H,3-6,8-9H2,1-2H3,(H2,30,31,34,35,36). The molecule has 220 valence electrons. The summed E-state index contributed by atoms with van der Waals surface area (Å²) < 4.78 is 45.4. The van der Waals surface area contributed by atoms with Crippen LogP contribution in [0.1, 0.15) is 45.4 Å². The third-order valence-electron chi connectivity index (χ3n) is 7.56. The van der Waals surface area contributed by atoms with Gasteiger partial charge < -0.3 is 20.5 Å². The van der Waals surface area contributed by atoms with E-state index in [-0.39, 0.29) is 17.0 Å². The van der Waals surface area contributed by atoms with Crippen molar-refractivity contribution in [2.75, 3.05) is 17.7 Å². The van der Waals surface area contributed by atoms with E-state index in [1.807, 2.05) is 13.0 Å². The molecule has 0 unspecified atom stereocenters. The predicted octanol–water partition coefficient (Wildman–Crippen LogP) is 4.13. The van der Waals surface area contributed by atoms with Crippen LogP contribution in [0, 0.1) is 5.82 Å². The average Bonchev–Trinajstić information content (AvgIpc) is 3.72. The highest BCUT2D eigenvalue weighted by molar-refractivity contribution is 7.90. The van der Waals surface area contributed by atoms with E-state index in [9.17, 15) is 17.9 Å². The van der Waals surface area contributed by atoms with Crippen molar-refractivity contribution in [3.63, 3.8) is 0 Å². The van der Waals surface area contributed by atoms with Gasteiger partial charge in [0.1, 0.15) is 28.9 Å². The largest absolute Gasteiger partial charge is 0.494 e. The topological polar surface area (TPSA) is 157 Å². The van der Waals surface area contributed by atoms with E-state index >= 15 is 0 Å². The molecular weight excluding hydrogens is 563 g/mol. The Labute approximate surface area is 242 Å². The molecule has 0 aromatic carbocycles. The fourth-order valence-electron chi connectivity index (χ4n) is 4.99. The van der Waals surface area contributed by atoms with Crippen LogP contribution in [0.25, 0.3) is 22.6 Å². The summed E-state index contributed by atoms with van der Waals surface area (Å²) in [6.45, 7) is 1.85. The lowest BCUT2D eigenvalue weighted by Crippen LogP contribution is -2.35. The maximum Gasteiger partial charge on any atom is 0.256 e. The highest BCUT2D eigenvalue weighted by atomic mass is 32.2. The van der Waals surface area contributed by atoms with Crippen molar-refractivity contribution in [3.8, 4) is 28.4 Å². The van der Waals surface area contributed by atoms with Gasteiger partial charge in [-0.3, -0.25) is 0 Å². The number of aromatic nitrogens is 6. The first-order valence-electron chi connectivity index (χ1n) is 13.7. The molecule has 0 radical (unpaired) electrons. The highest BCUT2D eigenvalue weighted by Gasteiger charge is 2.37. The van der Waals surface area contributed by atoms with Gasteiger partial charge >= 0.3 is 0 Å². The lowest BCUT2D eigenvalue weighted by atomic mass is 9.83. The molecule has 0 amide bonds. The number of nitrogens with one attached hydrogen (secondary N) is 2. The van der Waals surface area contributed by atoms with Gasteiger partial charge in [0.2, 0.25) is 0 Å². The number of nitrogens with zero attached hydrogens (tertiary/aromatic N) is 6. The molecule has 2 aliphatic rings. The van der Waals surface area contributed by atoms with Crippen molar-refractivity contribution in [1.29, 1.82) is 0 Å². The third kappa shape index (κ3) is 5.90. The van der Waals surface area contributed by atoms with Gasteiger partial charge in [-0.15, -0.1) is 0 Å². The fourth-order valence-corrected chi connectivity index (χ4v) is 6.47. The normalized spacial score (nSPS) is 20.7. The Kier molecular flexibility index (Phi) is 7.27. The van der Waals surface area contributed by atoms with Crippen LogP contribution in [0.3, 0.4) is 0 Å². The summed E-state index contributed by atoms with van der Waals surface area (Å²) in [5, 5.41) is 20.8. The van der Waals surface area contributed by atoms with Gasteiger partial charge in [0.25, 0.3) is 10.0 Å². The summed E-state index contributed by atoms with van der Waals surface area (Å²) in [6, 6.07) is 4.86. The highest BCUT2D eigenvalue weighted by Crippen LogP contribution is 2.37. The fraction of sp³-hybridized carbons (Fsp3) is 0.393. The van der Waals surface area contributed by atoms with Crippen LogP contribution in [-0.4, -0.2) is 66.6 Å². The minimum atomic E-state index is -3.50. The Bertz CT molecular complexity index is 1710. The van der Waals surface area contributed by atoms with Crippen LogP contribution < -0.4 is 15.4 Å². The molecule has 2 saturated carbocycles. The molecule has 12 nitrogen and oxygen atoms in total. The van der Waals surface area contributed by atoms with Crippen molar-refractivity contribution in [2.24, 2.45) is 0 Å². The SMILES string of the molecule is COc1cc(F)cnc1-c1cnc(Nc2ccnc(-c3cnn(S(=O)(=O)C4CC4)c3)n2)cc1NC1CCC(C)(O)CC1. The Balaban J connectivity index is 1.29. The van der Waals surface area contributed by atoms with E-state index in [0.29, 0.717) is 65.7 Å². The third-order valence-corrected chi connectivity index (χ3v) is 9.59. The Hall–Kier alpha value is -4.17. The van der Waals surface area contributed by atoms with Crippen LogP contribution >= 0.6 is 0 Å². The van der Waals surface area contributed by atoms with Crippen molar-refractivity contribution in [3.05, 3.63) is 55.0 Å². The zero-order valence-electron chi connectivity index (χ0n) is 23.2. The molecule has 0 saturated heterocycles. The van der Waals surface area contributed by atoms with E-state index in [2.05, 4.69) is 35.7 Å². The maximum absolute atomic E-state index is 13.9. The number of anilines is 3. The molecule has 4 heterocycles. The number of halogens is 1. The van der Waals surface area contributed by atoms with Crippen LogP contribution in [0.4, 0.5) is 21.7 Å². The molecule has 0 atom stereocenters. The van der Waals surface area contributed by atoms with Crippen molar-refractivity contribution >= 4 is 27.3 Å². The summed E-state index contributed by atoms with van der Waals surface area (Å²) in [5.74, 6) is 0.983. The second-order valence-corrected chi connectivity index (χ2v) is 13.0. The Morgan fingerprint density at radius 3 is 2.60 bits per heavy atom. The second kappa shape index (κ2) is 10.9. The summed E-state index contributed by atoms with van der Waals surface area (Å²) in [5.41, 5.74) is 1.55. The minimum Gasteiger partial charge on any atom is -0.494 e. The number of ether oxygens (including phenoxy) is 1. The van der Waals surface area contributed by atoms with Gasteiger partial charge in [0.05, 0.1) is 42.1 Å². The quantitative estimate of drug-likeness (QED) is 0.256. The van der Waals surface area contributed by atoms with Crippen molar-refractivity contribution in [1.82, 2.24) is 29.1 Å². The molecule has 42 heavy (non-hydrogen) atoms. The number of rotatable bonds is 9. The average molecular weight is 595 g/mol. The first kappa shape index (κ1) is 28.0.